The molecule has 0 aliphatic carbocycles. The van der Waals surface area contributed by atoms with Gasteiger partial charge in [0.25, 0.3) is 0 Å². The minimum Gasteiger partial charge on any atom is -0.507 e. The lowest BCUT2D eigenvalue weighted by atomic mass is 10.0. The van der Waals surface area contributed by atoms with Crippen LogP contribution in [0.5, 0.6) is 5.75 Å². The molecule has 2 N–H and O–H groups in total. The van der Waals surface area contributed by atoms with E-state index in [0.717, 1.165) is 34.6 Å². The van der Waals surface area contributed by atoms with Crippen molar-refractivity contribution < 1.29 is 5.11 Å². The molecule has 0 saturated heterocycles. The maximum Gasteiger partial charge on any atom is 0.182 e. The van der Waals surface area contributed by atoms with Crippen LogP contribution < -0.4 is 4.90 Å². The molecule has 0 amide bonds. The molecule has 0 bridgehead atoms. The molecule has 1 heterocycles. The van der Waals surface area contributed by atoms with Gasteiger partial charge in [0.2, 0.25) is 0 Å². The molecule has 2 aromatic carbocycles. The highest BCUT2D eigenvalue weighted by Gasteiger charge is 2.15. The van der Waals surface area contributed by atoms with Gasteiger partial charge in [0, 0.05) is 31.5 Å². The zero-order valence-electron chi connectivity index (χ0n) is 15.0. The van der Waals surface area contributed by atoms with Gasteiger partial charge >= 0.3 is 0 Å². The molecule has 4 nitrogen and oxygen atoms in total. The van der Waals surface area contributed by atoms with Crippen LogP contribution in [0.1, 0.15) is 18.1 Å². The van der Waals surface area contributed by atoms with Crippen molar-refractivity contribution in [2.45, 2.75) is 20.3 Å². The SMILES string of the molecule is CCc1cc(-c2c[nH]c(=S)n2-c2cccc(N(C)C)c2)c(O)cc1C. The number of H-pyrrole nitrogens is 1. The quantitative estimate of drug-likeness (QED) is 0.659. The fourth-order valence-electron chi connectivity index (χ4n) is 3.06. The van der Waals surface area contributed by atoms with Crippen LogP contribution in [0, 0.1) is 11.7 Å². The molecule has 0 saturated carbocycles. The smallest absolute Gasteiger partial charge is 0.182 e. The van der Waals surface area contributed by atoms with Crippen molar-refractivity contribution in [1.82, 2.24) is 9.55 Å². The number of anilines is 1. The van der Waals surface area contributed by atoms with E-state index in [-0.39, 0.29) is 5.75 Å². The van der Waals surface area contributed by atoms with Gasteiger partial charge in [-0.25, -0.2) is 0 Å². The van der Waals surface area contributed by atoms with E-state index in [1.165, 1.54) is 5.56 Å². The van der Waals surface area contributed by atoms with Crippen LogP contribution >= 0.6 is 12.2 Å². The Hall–Kier alpha value is -2.53. The molecular weight excluding hydrogens is 330 g/mol. The highest BCUT2D eigenvalue weighted by atomic mass is 32.1. The van der Waals surface area contributed by atoms with Gasteiger partial charge in [-0.15, -0.1) is 0 Å². The van der Waals surface area contributed by atoms with Gasteiger partial charge in [-0.05, 0) is 67.0 Å². The average Bonchev–Trinajstić information content (AvgIpc) is 2.96. The minimum absolute atomic E-state index is 0.265. The number of aryl methyl sites for hydroxylation is 2. The van der Waals surface area contributed by atoms with Gasteiger partial charge in [0.1, 0.15) is 5.75 Å². The number of aromatic nitrogens is 2. The third kappa shape index (κ3) is 3.20. The standard InChI is InChI=1S/C20H23N3OS/c1-5-14-10-17(19(24)9-13(14)2)18-12-21-20(25)23(18)16-8-6-7-15(11-16)22(3)4/h6-12,24H,5H2,1-4H3,(H,21,25). The second kappa shape index (κ2) is 6.76. The maximum atomic E-state index is 10.5. The Morgan fingerprint density at radius 3 is 2.64 bits per heavy atom. The summed E-state index contributed by atoms with van der Waals surface area (Å²) >= 11 is 5.51. The van der Waals surface area contributed by atoms with Crippen LogP contribution in [0.3, 0.4) is 0 Å². The van der Waals surface area contributed by atoms with Crippen LogP contribution in [0.2, 0.25) is 0 Å². The molecule has 3 rings (SSSR count). The predicted molar refractivity (Wildman–Crippen MR) is 106 cm³/mol. The number of phenolic OH excluding ortho intramolecular Hbond substituents is 1. The van der Waals surface area contributed by atoms with Crippen molar-refractivity contribution in [3.8, 4) is 22.7 Å². The number of aromatic amines is 1. The lowest BCUT2D eigenvalue weighted by Gasteiger charge is -2.16. The number of nitrogens with zero attached hydrogens (tertiary/aromatic N) is 2. The summed E-state index contributed by atoms with van der Waals surface area (Å²) in [6.07, 6.45) is 2.77. The van der Waals surface area contributed by atoms with Crippen LogP contribution in [-0.4, -0.2) is 28.8 Å². The number of rotatable bonds is 4. The third-order valence-electron chi connectivity index (χ3n) is 4.49. The zero-order valence-corrected chi connectivity index (χ0v) is 15.8. The van der Waals surface area contributed by atoms with E-state index in [4.69, 9.17) is 12.2 Å². The number of phenols is 1. The molecule has 0 atom stereocenters. The second-order valence-electron chi connectivity index (χ2n) is 6.38. The molecule has 130 valence electrons. The van der Waals surface area contributed by atoms with Gasteiger partial charge in [-0.3, -0.25) is 4.57 Å². The third-order valence-corrected chi connectivity index (χ3v) is 4.79. The highest BCUT2D eigenvalue weighted by molar-refractivity contribution is 7.71. The Morgan fingerprint density at radius 2 is 1.96 bits per heavy atom. The van der Waals surface area contributed by atoms with Gasteiger partial charge in [-0.2, -0.15) is 0 Å². The number of nitrogens with one attached hydrogen (secondary N) is 1. The van der Waals surface area contributed by atoms with Crippen LogP contribution in [0.15, 0.2) is 42.6 Å². The number of hydrogen-bond acceptors (Lipinski definition) is 3. The van der Waals surface area contributed by atoms with E-state index in [1.807, 2.05) is 50.0 Å². The predicted octanol–water partition coefficient (Wildman–Crippen LogP) is 4.84. The Labute approximate surface area is 153 Å². The summed E-state index contributed by atoms with van der Waals surface area (Å²) in [6, 6.07) is 12.0. The number of benzene rings is 2. The monoisotopic (exact) mass is 353 g/mol. The lowest BCUT2D eigenvalue weighted by molar-refractivity contribution is 0.476. The van der Waals surface area contributed by atoms with Crippen LogP contribution in [-0.2, 0) is 6.42 Å². The molecule has 3 aromatic rings. The van der Waals surface area contributed by atoms with Crippen molar-refractivity contribution in [2.24, 2.45) is 0 Å². The normalized spacial score (nSPS) is 10.9. The molecule has 0 unspecified atom stereocenters. The van der Waals surface area contributed by atoms with Gasteiger partial charge in [0.05, 0.1) is 11.4 Å². The molecule has 0 aliphatic heterocycles. The molecule has 0 fully saturated rings. The van der Waals surface area contributed by atoms with E-state index in [1.54, 1.807) is 0 Å². The fraction of sp³-hybridized carbons (Fsp3) is 0.250. The van der Waals surface area contributed by atoms with Crippen molar-refractivity contribution in [3.63, 3.8) is 0 Å². The molecule has 0 spiro atoms. The summed E-state index contributed by atoms with van der Waals surface area (Å²) in [5, 5.41) is 10.5. The Kier molecular flexibility index (Phi) is 4.68. The number of imidazole rings is 1. The first kappa shape index (κ1) is 17.3. The Balaban J connectivity index is 2.22. The first-order valence-electron chi connectivity index (χ1n) is 8.33. The van der Waals surface area contributed by atoms with Crippen LogP contribution in [0.4, 0.5) is 5.69 Å². The van der Waals surface area contributed by atoms with E-state index in [0.29, 0.717) is 4.77 Å². The van der Waals surface area contributed by atoms with Gasteiger partial charge in [-0.1, -0.05) is 13.0 Å². The first-order chi connectivity index (χ1) is 11.9. The van der Waals surface area contributed by atoms with Crippen molar-refractivity contribution in [3.05, 3.63) is 58.5 Å². The summed E-state index contributed by atoms with van der Waals surface area (Å²) < 4.78 is 2.57. The summed E-state index contributed by atoms with van der Waals surface area (Å²) in [4.78, 5) is 5.17. The first-order valence-corrected chi connectivity index (χ1v) is 8.74. The van der Waals surface area contributed by atoms with E-state index in [2.05, 4.69) is 35.0 Å². The van der Waals surface area contributed by atoms with Crippen molar-refractivity contribution >= 4 is 17.9 Å². The minimum atomic E-state index is 0.265. The molecule has 0 radical (unpaired) electrons. The lowest BCUT2D eigenvalue weighted by Crippen LogP contribution is -2.09. The topological polar surface area (TPSA) is 44.2 Å². The molecule has 5 heteroatoms. The Bertz CT molecular complexity index is 969. The van der Waals surface area contributed by atoms with Crippen LogP contribution in [0.25, 0.3) is 16.9 Å². The second-order valence-corrected chi connectivity index (χ2v) is 6.76. The van der Waals surface area contributed by atoms with Gasteiger partial charge in [0.15, 0.2) is 4.77 Å². The fourth-order valence-corrected chi connectivity index (χ4v) is 3.32. The molecule has 0 aliphatic rings. The average molecular weight is 353 g/mol. The highest BCUT2D eigenvalue weighted by Crippen LogP contribution is 2.34. The summed E-state index contributed by atoms with van der Waals surface area (Å²) in [5.41, 5.74) is 6.00. The number of aromatic hydroxyl groups is 1. The summed E-state index contributed by atoms with van der Waals surface area (Å²) in [5.74, 6) is 0.265. The molecule has 1 aromatic heterocycles. The largest absolute Gasteiger partial charge is 0.507 e. The maximum absolute atomic E-state index is 10.5. The molecular formula is C20H23N3OS. The summed E-state index contributed by atoms with van der Waals surface area (Å²) in [6.45, 7) is 4.14. The summed E-state index contributed by atoms with van der Waals surface area (Å²) in [7, 11) is 4.02. The van der Waals surface area contributed by atoms with Crippen molar-refractivity contribution in [2.75, 3.05) is 19.0 Å². The zero-order chi connectivity index (χ0) is 18.1. The van der Waals surface area contributed by atoms with E-state index in [9.17, 15) is 5.11 Å². The Morgan fingerprint density at radius 1 is 1.20 bits per heavy atom. The molecule has 25 heavy (non-hydrogen) atoms. The van der Waals surface area contributed by atoms with Crippen molar-refractivity contribution in [1.29, 1.82) is 0 Å². The van der Waals surface area contributed by atoms with E-state index >= 15 is 0 Å². The van der Waals surface area contributed by atoms with E-state index < -0.39 is 0 Å². The van der Waals surface area contributed by atoms with Gasteiger partial charge < -0.3 is 15.0 Å². The number of hydrogen-bond donors (Lipinski definition) is 2.